The van der Waals surface area contributed by atoms with Crippen LogP contribution in [0.4, 0.5) is 0 Å². The summed E-state index contributed by atoms with van der Waals surface area (Å²) in [5.74, 6) is 2.04. The Labute approximate surface area is 73.5 Å². The predicted molar refractivity (Wildman–Crippen MR) is 47.1 cm³/mol. The third kappa shape index (κ3) is 1.12. The molecule has 1 aromatic heterocycles. The lowest BCUT2D eigenvalue weighted by molar-refractivity contribution is -0.659. The van der Waals surface area contributed by atoms with Gasteiger partial charge in [0.2, 0.25) is 0 Å². The van der Waals surface area contributed by atoms with E-state index in [1.165, 1.54) is 11.4 Å². The summed E-state index contributed by atoms with van der Waals surface area (Å²) in [6.07, 6.45) is 0. The Bertz CT molecular complexity index is 321. The molecule has 0 aromatic carbocycles. The average Bonchev–Trinajstić information content (AvgIpc) is 2.23. The molecule has 3 nitrogen and oxygen atoms in total. The zero-order chi connectivity index (χ0) is 9.30. The summed E-state index contributed by atoms with van der Waals surface area (Å²) in [6, 6.07) is 0. The van der Waals surface area contributed by atoms with Gasteiger partial charge in [0, 0.05) is 19.6 Å². The van der Waals surface area contributed by atoms with E-state index < -0.39 is 0 Å². The smallest absolute Gasteiger partial charge is 0.139 e. The quantitative estimate of drug-likeness (QED) is 0.395. The van der Waals surface area contributed by atoms with Gasteiger partial charge in [-0.1, -0.05) is 0 Å². The lowest BCUT2D eigenvalue weighted by atomic mass is 9.80. The minimum atomic E-state index is 0.938. The number of aromatic nitrogens is 2. The van der Waals surface area contributed by atoms with Crippen LogP contribution in [0.3, 0.4) is 0 Å². The van der Waals surface area contributed by atoms with Gasteiger partial charge >= 0.3 is 0 Å². The minimum absolute atomic E-state index is 0.938. The van der Waals surface area contributed by atoms with Crippen molar-refractivity contribution >= 4 is 13.0 Å². The Hall–Kier alpha value is -1.24. The minimum Gasteiger partial charge on any atom is -0.276 e. The zero-order valence-corrected chi connectivity index (χ0v) is 7.92. The van der Waals surface area contributed by atoms with Crippen LogP contribution in [0, 0.1) is 25.1 Å². The van der Waals surface area contributed by atoms with Gasteiger partial charge in [-0.05, 0) is 7.28 Å². The van der Waals surface area contributed by atoms with Gasteiger partial charge in [0.05, 0.1) is 14.1 Å². The highest BCUT2D eigenvalue weighted by Crippen LogP contribution is 1.96. The first-order valence-corrected chi connectivity index (χ1v) is 3.84. The lowest BCUT2D eigenvalue weighted by Gasteiger charge is -2.03. The maximum atomic E-state index is 8.54. The van der Waals surface area contributed by atoms with Crippen LogP contribution in [0.2, 0.25) is 0 Å². The third-order valence-electron chi connectivity index (χ3n) is 2.41. The SMILES string of the molecule is Cc1c(C)[n+](C)c([B-]C#N)n1C. The molecule has 0 aliphatic heterocycles. The normalized spacial score (nSPS) is 9.92. The molecule has 0 fully saturated rings. The Balaban J connectivity index is 3.30. The number of nitrogens with zero attached hydrogens (tertiary/aromatic N) is 3. The molecule has 12 heavy (non-hydrogen) atoms. The Morgan fingerprint density at radius 1 is 1.50 bits per heavy atom. The van der Waals surface area contributed by atoms with Crippen molar-refractivity contribution in [2.45, 2.75) is 13.8 Å². The molecule has 0 saturated heterocycles. The number of nitriles is 1. The fraction of sp³-hybridized carbons (Fsp3) is 0.500. The molecular weight excluding hydrogens is 149 g/mol. The van der Waals surface area contributed by atoms with Gasteiger partial charge in [-0.15, -0.1) is 0 Å². The van der Waals surface area contributed by atoms with Crippen molar-refractivity contribution in [1.82, 2.24) is 4.57 Å². The van der Waals surface area contributed by atoms with E-state index in [1.54, 1.807) is 7.28 Å². The number of imidazole rings is 1. The van der Waals surface area contributed by atoms with Gasteiger partial charge in [0.25, 0.3) is 0 Å². The van der Waals surface area contributed by atoms with Gasteiger partial charge in [-0.25, -0.2) is 5.97 Å². The van der Waals surface area contributed by atoms with Crippen LogP contribution >= 0.6 is 0 Å². The molecule has 0 spiro atoms. The number of hydrogen-bond donors (Lipinski definition) is 0. The molecule has 62 valence electrons. The molecule has 4 heteroatoms. The molecule has 0 bridgehead atoms. The molecule has 0 aliphatic rings. The molecule has 2 radical (unpaired) electrons. The molecule has 0 N–H and O–H groups in total. The van der Waals surface area contributed by atoms with E-state index in [2.05, 4.69) is 0 Å². The van der Waals surface area contributed by atoms with Crippen molar-refractivity contribution in [3.63, 3.8) is 0 Å². The van der Waals surface area contributed by atoms with E-state index in [-0.39, 0.29) is 0 Å². The molecule has 1 aromatic rings. The maximum absolute atomic E-state index is 8.54. The first-order valence-electron chi connectivity index (χ1n) is 3.84. The highest BCUT2D eigenvalue weighted by Gasteiger charge is 2.11. The summed E-state index contributed by atoms with van der Waals surface area (Å²) in [7, 11) is 5.48. The van der Waals surface area contributed by atoms with Crippen molar-refractivity contribution in [2.75, 3.05) is 0 Å². The number of rotatable bonds is 1. The van der Waals surface area contributed by atoms with Crippen LogP contribution in [0.25, 0.3) is 0 Å². The molecule has 0 unspecified atom stereocenters. The average molecular weight is 161 g/mol. The van der Waals surface area contributed by atoms with E-state index in [0.717, 1.165) is 5.72 Å². The highest BCUT2D eigenvalue weighted by atomic mass is 15.1. The first kappa shape index (κ1) is 8.86. The van der Waals surface area contributed by atoms with Gasteiger partial charge in [-0.2, -0.15) is 0 Å². The van der Waals surface area contributed by atoms with E-state index in [0.29, 0.717) is 0 Å². The Morgan fingerprint density at radius 3 is 2.42 bits per heavy atom. The van der Waals surface area contributed by atoms with Crippen LogP contribution in [0.1, 0.15) is 11.4 Å². The van der Waals surface area contributed by atoms with Gasteiger partial charge in [0.15, 0.2) is 0 Å². The predicted octanol–water partition coefficient (Wildman–Crippen LogP) is -0.723. The topological polar surface area (TPSA) is 32.6 Å². The van der Waals surface area contributed by atoms with Crippen LogP contribution in [-0.4, -0.2) is 11.8 Å². The second-order valence-electron chi connectivity index (χ2n) is 2.92. The molecular formula is C8H12BN3. The summed E-state index contributed by atoms with van der Waals surface area (Å²) in [4.78, 5) is 0. The van der Waals surface area contributed by atoms with Crippen molar-refractivity contribution in [1.29, 1.82) is 5.26 Å². The zero-order valence-electron chi connectivity index (χ0n) is 7.92. The second-order valence-corrected chi connectivity index (χ2v) is 2.92. The van der Waals surface area contributed by atoms with Crippen LogP contribution in [-0.2, 0) is 14.1 Å². The molecule has 0 atom stereocenters. The van der Waals surface area contributed by atoms with E-state index in [4.69, 9.17) is 5.26 Å². The fourth-order valence-corrected chi connectivity index (χ4v) is 1.31. The van der Waals surface area contributed by atoms with Crippen molar-refractivity contribution in [2.24, 2.45) is 14.1 Å². The van der Waals surface area contributed by atoms with Crippen LogP contribution in [0.5, 0.6) is 0 Å². The summed E-state index contributed by atoms with van der Waals surface area (Å²) in [6.45, 7) is 4.09. The Kier molecular flexibility index (Phi) is 2.23. The highest BCUT2D eigenvalue weighted by molar-refractivity contribution is 6.58. The van der Waals surface area contributed by atoms with E-state index >= 15 is 0 Å². The summed E-state index contributed by atoms with van der Waals surface area (Å²) < 4.78 is 4.02. The largest absolute Gasteiger partial charge is 0.276 e. The molecule has 0 saturated carbocycles. The summed E-state index contributed by atoms with van der Waals surface area (Å²) >= 11 is 0. The van der Waals surface area contributed by atoms with Crippen molar-refractivity contribution in [3.8, 4) is 5.97 Å². The first-order chi connectivity index (χ1) is 5.59. The van der Waals surface area contributed by atoms with Gasteiger partial charge < -0.3 is 0 Å². The molecule has 0 aliphatic carbocycles. The number of hydrogen-bond acceptors (Lipinski definition) is 1. The van der Waals surface area contributed by atoms with E-state index in [1.807, 2.05) is 43.0 Å². The molecule has 1 rings (SSSR count). The van der Waals surface area contributed by atoms with Crippen LogP contribution < -0.4 is 10.3 Å². The van der Waals surface area contributed by atoms with Gasteiger partial charge in [0.1, 0.15) is 11.4 Å². The van der Waals surface area contributed by atoms with Crippen molar-refractivity contribution in [3.05, 3.63) is 11.4 Å². The third-order valence-corrected chi connectivity index (χ3v) is 2.41. The molecule has 0 amide bonds. The Morgan fingerprint density at radius 2 is 2.08 bits per heavy atom. The van der Waals surface area contributed by atoms with E-state index in [9.17, 15) is 0 Å². The maximum Gasteiger partial charge on any atom is 0.139 e. The van der Waals surface area contributed by atoms with Crippen LogP contribution in [0.15, 0.2) is 0 Å². The van der Waals surface area contributed by atoms with Crippen molar-refractivity contribution < 1.29 is 4.57 Å². The second kappa shape index (κ2) is 3.02. The summed E-state index contributed by atoms with van der Waals surface area (Å²) in [5, 5.41) is 8.54. The molecule has 1 heterocycles. The fourth-order valence-electron chi connectivity index (χ4n) is 1.31. The summed E-state index contributed by atoms with van der Waals surface area (Å²) in [5.41, 5.74) is 3.32. The van der Waals surface area contributed by atoms with Gasteiger partial charge in [-0.3, -0.25) is 14.4 Å². The standard InChI is InChI=1S/C8H12BN3/c1-6-7(2)12(4)8(9-5-10)11(6)3/h1-4H3. The lowest BCUT2D eigenvalue weighted by Crippen LogP contribution is -2.51. The monoisotopic (exact) mass is 161 g/mol.